The van der Waals surface area contributed by atoms with Crippen molar-refractivity contribution in [1.29, 1.82) is 0 Å². The molecule has 0 fully saturated rings. The van der Waals surface area contributed by atoms with Gasteiger partial charge in [0.05, 0.1) is 24.7 Å². The number of ether oxygens (including phenoxy) is 1. The van der Waals surface area contributed by atoms with Crippen LogP contribution in [0.2, 0.25) is 0 Å². The van der Waals surface area contributed by atoms with Crippen molar-refractivity contribution in [1.82, 2.24) is 25.1 Å². The molecule has 0 spiro atoms. The molecule has 9 heteroatoms. The molecule has 0 saturated carbocycles. The standard InChI is InChI=1S/C21H19N5O3S/c1-29-16-9-7-15(8-10-16)26-19-17(12-23-26)20(28)25-21(24-19)30-13-18(27)22-11-14-5-3-2-4-6-14/h2-10,12H,11,13H2,1H3,(H,22,27)(H,24,25,28). The third-order valence-electron chi connectivity index (χ3n) is 4.41. The number of fused-ring (bicyclic) bond motifs is 1. The van der Waals surface area contributed by atoms with Crippen LogP contribution in [-0.2, 0) is 11.3 Å². The Morgan fingerprint density at radius 3 is 2.67 bits per heavy atom. The summed E-state index contributed by atoms with van der Waals surface area (Å²) >= 11 is 1.17. The van der Waals surface area contributed by atoms with Crippen molar-refractivity contribution in [2.45, 2.75) is 11.7 Å². The van der Waals surface area contributed by atoms with Gasteiger partial charge in [-0.2, -0.15) is 5.10 Å². The molecule has 2 aromatic heterocycles. The summed E-state index contributed by atoms with van der Waals surface area (Å²) in [7, 11) is 1.60. The number of aromatic nitrogens is 4. The minimum Gasteiger partial charge on any atom is -0.497 e. The van der Waals surface area contributed by atoms with Gasteiger partial charge in [-0.1, -0.05) is 42.1 Å². The summed E-state index contributed by atoms with van der Waals surface area (Å²) in [5, 5.41) is 7.88. The highest BCUT2D eigenvalue weighted by atomic mass is 32.2. The zero-order valence-corrected chi connectivity index (χ0v) is 17.0. The number of aromatic amines is 1. The molecule has 0 saturated heterocycles. The molecule has 0 bridgehead atoms. The van der Waals surface area contributed by atoms with E-state index in [1.165, 1.54) is 18.0 Å². The van der Waals surface area contributed by atoms with Crippen molar-refractivity contribution >= 4 is 28.7 Å². The Kier molecular flexibility index (Phi) is 5.80. The second-order valence-corrected chi connectivity index (χ2v) is 7.38. The van der Waals surface area contributed by atoms with Gasteiger partial charge in [-0.05, 0) is 29.8 Å². The maximum atomic E-state index is 12.4. The highest BCUT2D eigenvalue weighted by Gasteiger charge is 2.13. The summed E-state index contributed by atoms with van der Waals surface area (Å²) in [6.07, 6.45) is 1.48. The summed E-state index contributed by atoms with van der Waals surface area (Å²) < 4.78 is 6.76. The van der Waals surface area contributed by atoms with Crippen LogP contribution in [0.4, 0.5) is 0 Å². The van der Waals surface area contributed by atoms with Crippen molar-refractivity contribution in [3.8, 4) is 11.4 Å². The van der Waals surface area contributed by atoms with E-state index in [0.29, 0.717) is 22.7 Å². The van der Waals surface area contributed by atoms with Crippen LogP contribution in [0.3, 0.4) is 0 Å². The van der Waals surface area contributed by atoms with E-state index in [2.05, 4.69) is 20.4 Å². The number of carbonyl (C=O) groups excluding carboxylic acids is 1. The number of thioether (sulfide) groups is 1. The number of hydrogen-bond acceptors (Lipinski definition) is 6. The molecule has 8 nitrogen and oxygen atoms in total. The second kappa shape index (κ2) is 8.83. The van der Waals surface area contributed by atoms with Crippen LogP contribution in [0, 0.1) is 0 Å². The maximum absolute atomic E-state index is 12.4. The van der Waals surface area contributed by atoms with Gasteiger partial charge in [-0.25, -0.2) is 9.67 Å². The molecule has 0 unspecified atom stereocenters. The summed E-state index contributed by atoms with van der Waals surface area (Å²) in [6.45, 7) is 0.452. The molecule has 4 aromatic rings. The van der Waals surface area contributed by atoms with E-state index in [9.17, 15) is 9.59 Å². The van der Waals surface area contributed by atoms with Crippen LogP contribution in [0.1, 0.15) is 5.56 Å². The molecule has 0 radical (unpaired) electrons. The van der Waals surface area contributed by atoms with E-state index in [4.69, 9.17) is 4.74 Å². The molecule has 1 amide bonds. The first-order valence-corrected chi connectivity index (χ1v) is 10.2. The minimum absolute atomic E-state index is 0.137. The Morgan fingerprint density at radius 1 is 1.17 bits per heavy atom. The molecule has 4 rings (SSSR count). The molecule has 0 aliphatic rings. The maximum Gasteiger partial charge on any atom is 0.262 e. The molecular formula is C21H19N5O3S. The quantitative estimate of drug-likeness (QED) is 0.351. The fourth-order valence-corrected chi connectivity index (χ4v) is 3.55. The molecule has 2 heterocycles. The largest absolute Gasteiger partial charge is 0.497 e. The molecule has 0 aliphatic carbocycles. The van der Waals surface area contributed by atoms with Crippen LogP contribution < -0.4 is 15.6 Å². The zero-order valence-electron chi connectivity index (χ0n) is 16.2. The first kappa shape index (κ1) is 19.7. The van der Waals surface area contributed by atoms with E-state index >= 15 is 0 Å². The third kappa shape index (κ3) is 4.36. The summed E-state index contributed by atoms with van der Waals surface area (Å²) in [4.78, 5) is 31.8. The van der Waals surface area contributed by atoms with Crippen molar-refractivity contribution in [3.63, 3.8) is 0 Å². The Labute approximate surface area is 176 Å². The van der Waals surface area contributed by atoms with Gasteiger partial charge in [-0.15, -0.1) is 0 Å². The monoisotopic (exact) mass is 421 g/mol. The third-order valence-corrected chi connectivity index (χ3v) is 5.28. The Bertz CT molecular complexity index is 1220. The lowest BCUT2D eigenvalue weighted by Crippen LogP contribution is -2.24. The van der Waals surface area contributed by atoms with Crippen molar-refractivity contribution in [3.05, 3.63) is 76.7 Å². The van der Waals surface area contributed by atoms with E-state index in [1.54, 1.807) is 11.8 Å². The number of carbonyl (C=O) groups is 1. The van der Waals surface area contributed by atoms with E-state index in [0.717, 1.165) is 17.0 Å². The molecule has 2 N–H and O–H groups in total. The van der Waals surface area contributed by atoms with Gasteiger partial charge < -0.3 is 15.0 Å². The number of rotatable bonds is 7. The van der Waals surface area contributed by atoms with Crippen molar-refractivity contribution < 1.29 is 9.53 Å². The fourth-order valence-electron chi connectivity index (χ4n) is 2.86. The molecule has 0 atom stereocenters. The predicted octanol–water partition coefficient (Wildman–Crippen LogP) is 2.53. The van der Waals surface area contributed by atoms with E-state index < -0.39 is 0 Å². The van der Waals surface area contributed by atoms with Gasteiger partial charge in [0.25, 0.3) is 5.56 Å². The van der Waals surface area contributed by atoms with Gasteiger partial charge >= 0.3 is 0 Å². The average Bonchev–Trinajstić information content (AvgIpc) is 3.21. The number of amides is 1. The smallest absolute Gasteiger partial charge is 0.262 e. The second-order valence-electron chi connectivity index (χ2n) is 6.41. The van der Waals surface area contributed by atoms with Crippen LogP contribution in [-0.4, -0.2) is 38.5 Å². The van der Waals surface area contributed by atoms with Crippen molar-refractivity contribution in [2.75, 3.05) is 12.9 Å². The summed E-state index contributed by atoms with van der Waals surface area (Å²) in [5.41, 5.74) is 1.90. The summed E-state index contributed by atoms with van der Waals surface area (Å²) in [6, 6.07) is 16.9. The molecule has 152 valence electrons. The van der Waals surface area contributed by atoms with Crippen LogP contribution in [0.15, 0.2) is 70.7 Å². The molecule has 0 aliphatic heterocycles. The first-order chi connectivity index (χ1) is 14.6. The van der Waals surface area contributed by atoms with Gasteiger partial charge in [0.1, 0.15) is 11.1 Å². The van der Waals surface area contributed by atoms with Crippen LogP contribution in [0.5, 0.6) is 5.75 Å². The number of hydrogen-bond donors (Lipinski definition) is 2. The normalized spacial score (nSPS) is 10.8. The average molecular weight is 421 g/mol. The lowest BCUT2D eigenvalue weighted by molar-refractivity contribution is -0.118. The predicted molar refractivity (Wildman–Crippen MR) is 115 cm³/mol. The number of methoxy groups -OCH3 is 1. The number of nitrogens with one attached hydrogen (secondary N) is 2. The van der Waals surface area contributed by atoms with E-state index in [1.807, 2.05) is 54.6 Å². The molecular weight excluding hydrogens is 402 g/mol. The van der Waals surface area contributed by atoms with Gasteiger partial charge in [0.15, 0.2) is 10.8 Å². The van der Waals surface area contributed by atoms with E-state index in [-0.39, 0.29) is 17.2 Å². The molecule has 2 aromatic carbocycles. The highest BCUT2D eigenvalue weighted by molar-refractivity contribution is 7.99. The number of nitrogens with zero attached hydrogens (tertiary/aromatic N) is 3. The van der Waals surface area contributed by atoms with Gasteiger partial charge in [-0.3, -0.25) is 9.59 Å². The lowest BCUT2D eigenvalue weighted by atomic mass is 10.2. The first-order valence-electron chi connectivity index (χ1n) is 9.20. The Hall–Kier alpha value is -3.59. The summed E-state index contributed by atoms with van der Waals surface area (Å²) in [5.74, 6) is 0.715. The minimum atomic E-state index is -0.299. The van der Waals surface area contributed by atoms with Gasteiger partial charge in [0, 0.05) is 6.54 Å². The Balaban J connectivity index is 1.49. The lowest BCUT2D eigenvalue weighted by Gasteiger charge is -2.06. The number of benzene rings is 2. The van der Waals surface area contributed by atoms with Gasteiger partial charge in [0.2, 0.25) is 5.91 Å². The van der Waals surface area contributed by atoms with Crippen LogP contribution in [0.25, 0.3) is 16.7 Å². The number of H-pyrrole nitrogens is 1. The zero-order chi connectivity index (χ0) is 20.9. The fraction of sp³-hybridized carbons (Fsp3) is 0.143. The topological polar surface area (TPSA) is 102 Å². The SMILES string of the molecule is COc1ccc(-n2ncc3c(=O)[nH]c(SCC(=O)NCc4ccccc4)nc32)cc1. The van der Waals surface area contributed by atoms with Crippen molar-refractivity contribution in [2.24, 2.45) is 0 Å². The molecule has 30 heavy (non-hydrogen) atoms. The van der Waals surface area contributed by atoms with Crippen LogP contribution >= 0.6 is 11.8 Å². The highest BCUT2D eigenvalue weighted by Crippen LogP contribution is 2.19. The Morgan fingerprint density at radius 2 is 1.93 bits per heavy atom.